The van der Waals surface area contributed by atoms with Crippen LogP contribution in [-0.2, 0) is 25.9 Å². The van der Waals surface area contributed by atoms with E-state index in [1.807, 2.05) is 0 Å². The van der Waals surface area contributed by atoms with E-state index < -0.39 is 0 Å². The molecule has 4 heteroatoms. The molecule has 1 aromatic heterocycles. The molecule has 2 aromatic rings. The second-order valence-corrected chi connectivity index (χ2v) is 6.42. The molecule has 124 valence electrons. The number of hydrogen-bond acceptors (Lipinski definition) is 3. The molecule has 0 fully saturated rings. The Morgan fingerprint density at radius 3 is 2.83 bits per heavy atom. The number of hydrogen-bond donors (Lipinski definition) is 1. The molecule has 4 nitrogen and oxygen atoms in total. The number of rotatable bonds is 5. The fourth-order valence-electron chi connectivity index (χ4n) is 3.58. The Balaban J connectivity index is 1.67. The van der Waals surface area contributed by atoms with E-state index in [1.54, 1.807) is 7.11 Å². The van der Waals surface area contributed by atoms with Gasteiger partial charge in [0.1, 0.15) is 5.75 Å². The summed E-state index contributed by atoms with van der Waals surface area (Å²) >= 11 is 0. The lowest BCUT2D eigenvalue weighted by molar-refractivity contribution is 0.411. The van der Waals surface area contributed by atoms with Crippen molar-refractivity contribution >= 4 is 0 Å². The minimum Gasteiger partial charge on any atom is -0.497 e. The van der Waals surface area contributed by atoms with Crippen LogP contribution >= 0.6 is 0 Å². The van der Waals surface area contributed by atoms with Crippen molar-refractivity contribution in [3.05, 3.63) is 46.3 Å². The first-order valence-corrected chi connectivity index (χ1v) is 8.54. The van der Waals surface area contributed by atoms with Gasteiger partial charge in [-0.15, -0.1) is 0 Å². The first-order valence-electron chi connectivity index (χ1n) is 8.54. The number of fused-ring (bicyclic) bond motifs is 1. The Morgan fingerprint density at radius 2 is 2.13 bits per heavy atom. The molecule has 1 heterocycles. The van der Waals surface area contributed by atoms with Gasteiger partial charge in [0.05, 0.1) is 12.8 Å². The van der Waals surface area contributed by atoms with Crippen molar-refractivity contribution in [2.45, 2.75) is 59.2 Å². The minimum atomic E-state index is 0.526. The molecule has 1 unspecified atom stereocenters. The van der Waals surface area contributed by atoms with Crippen LogP contribution in [0.1, 0.15) is 41.4 Å². The summed E-state index contributed by atoms with van der Waals surface area (Å²) in [6, 6.07) is 7.00. The second kappa shape index (κ2) is 6.75. The van der Waals surface area contributed by atoms with Crippen LogP contribution in [0.5, 0.6) is 5.75 Å². The van der Waals surface area contributed by atoms with Crippen molar-refractivity contribution in [2.24, 2.45) is 0 Å². The van der Waals surface area contributed by atoms with Crippen LogP contribution in [0.15, 0.2) is 18.2 Å². The third-order valence-corrected chi connectivity index (χ3v) is 5.04. The van der Waals surface area contributed by atoms with E-state index >= 15 is 0 Å². The zero-order valence-corrected chi connectivity index (χ0v) is 14.6. The van der Waals surface area contributed by atoms with E-state index in [9.17, 15) is 0 Å². The van der Waals surface area contributed by atoms with Gasteiger partial charge < -0.3 is 10.1 Å². The number of nitrogens with one attached hydrogen (secondary N) is 1. The van der Waals surface area contributed by atoms with Gasteiger partial charge in [-0.1, -0.05) is 6.07 Å². The monoisotopic (exact) mass is 313 g/mol. The Kier molecular flexibility index (Phi) is 4.71. The summed E-state index contributed by atoms with van der Waals surface area (Å²) in [5, 5.41) is 8.35. The summed E-state index contributed by atoms with van der Waals surface area (Å²) in [4.78, 5) is 0. The van der Waals surface area contributed by atoms with Gasteiger partial charge in [-0.05, 0) is 63.3 Å². The van der Waals surface area contributed by atoms with Gasteiger partial charge in [0, 0.05) is 30.4 Å². The van der Waals surface area contributed by atoms with Crippen molar-refractivity contribution in [3.63, 3.8) is 0 Å². The van der Waals surface area contributed by atoms with Crippen molar-refractivity contribution in [2.75, 3.05) is 7.11 Å². The summed E-state index contributed by atoms with van der Waals surface area (Å²) in [7, 11) is 1.73. The maximum absolute atomic E-state index is 5.36. The molecule has 0 amide bonds. The highest BCUT2D eigenvalue weighted by molar-refractivity contribution is 5.38. The summed E-state index contributed by atoms with van der Waals surface area (Å²) in [6.45, 7) is 8.26. The first-order chi connectivity index (χ1) is 11.1. The van der Waals surface area contributed by atoms with Crippen LogP contribution in [0.25, 0.3) is 0 Å². The normalized spacial score (nSPS) is 17.1. The quantitative estimate of drug-likeness (QED) is 0.921. The van der Waals surface area contributed by atoms with Crippen LogP contribution in [0, 0.1) is 13.8 Å². The van der Waals surface area contributed by atoms with Gasteiger partial charge in [-0.25, -0.2) is 0 Å². The van der Waals surface area contributed by atoms with Crippen molar-refractivity contribution in [1.82, 2.24) is 15.1 Å². The van der Waals surface area contributed by atoms with E-state index in [-0.39, 0.29) is 0 Å². The van der Waals surface area contributed by atoms with Crippen LogP contribution in [0.2, 0.25) is 0 Å². The third kappa shape index (κ3) is 3.27. The predicted molar refractivity (Wildman–Crippen MR) is 93.0 cm³/mol. The number of benzene rings is 1. The van der Waals surface area contributed by atoms with Gasteiger partial charge in [-0.3, -0.25) is 4.68 Å². The number of ether oxygens (including phenoxy) is 1. The highest BCUT2D eigenvalue weighted by atomic mass is 16.5. The number of nitrogens with zero attached hydrogens (tertiary/aromatic N) is 2. The van der Waals surface area contributed by atoms with Crippen molar-refractivity contribution < 1.29 is 4.74 Å². The Bertz CT molecular complexity index is 690. The van der Waals surface area contributed by atoms with E-state index in [2.05, 4.69) is 54.1 Å². The summed E-state index contributed by atoms with van der Waals surface area (Å²) in [5.74, 6) is 0.959. The van der Waals surface area contributed by atoms with E-state index in [0.29, 0.717) is 6.04 Å². The van der Waals surface area contributed by atoms with E-state index in [1.165, 1.54) is 28.8 Å². The van der Waals surface area contributed by atoms with Crippen LogP contribution in [0.4, 0.5) is 0 Å². The average Bonchev–Trinajstić information content (AvgIpc) is 2.85. The lowest BCUT2D eigenvalue weighted by Gasteiger charge is -2.26. The zero-order chi connectivity index (χ0) is 16.4. The third-order valence-electron chi connectivity index (χ3n) is 5.04. The molecular weight excluding hydrogens is 286 g/mol. The summed E-state index contributed by atoms with van der Waals surface area (Å²) in [6.07, 6.45) is 3.41. The SMILES string of the molecule is CCn1nc(C)c(CNC2CCc3ccc(OC)cc3C2)c1C. The molecule has 1 aromatic carbocycles. The number of methoxy groups -OCH3 is 1. The summed E-state index contributed by atoms with van der Waals surface area (Å²) in [5.41, 5.74) is 6.68. The second-order valence-electron chi connectivity index (χ2n) is 6.42. The van der Waals surface area contributed by atoms with Crippen molar-refractivity contribution in [3.8, 4) is 5.75 Å². The smallest absolute Gasteiger partial charge is 0.119 e. The molecule has 1 aliphatic carbocycles. The molecule has 1 aliphatic rings. The lowest BCUT2D eigenvalue weighted by Crippen LogP contribution is -2.34. The standard InChI is InChI=1S/C19H27N3O/c1-5-22-14(3)19(13(2)21-22)12-20-17-8-6-15-7-9-18(23-4)11-16(15)10-17/h7,9,11,17,20H,5-6,8,10,12H2,1-4H3. The van der Waals surface area contributed by atoms with Gasteiger partial charge in [0.2, 0.25) is 0 Å². The Hall–Kier alpha value is -1.81. The molecule has 1 atom stereocenters. The van der Waals surface area contributed by atoms with Crippen LogP contribution in [-0.4, -0.2) is 22.9 Å². The maximum atomic E-state index is 5.36. The molecule has 0 aliphatic heterocycles. The molecule has 23 heavy (non-hydrogen) atoms. The van der Waals surface area contributed by atoms with E-state index in [0.717, 1.165) is 37.4 Å². The Morgan fingerprint density at radius 1 is 1.30 bits per heavy atom. The molecule has 0 saturated carbocycles. The molecule has 1 N–H and O–H groups in total. The summed E-state index contributed by atoms with van der Waals surface area (Å²) < 4.78 is 7.45. The zero-order valence-electron chi connectivity index (χ0n) is 14.6. The fourth-order valence-corrected chi connectivity index (χ4v) is 3.58. The number of aromatic nitrogens is 2. The largest absolute Gasteiger partial charge is 0.497 e. The first kappa shape index (κ1) is 16.1. The van der Waals surface area contributed by atoms with Gasteiger partial charge in [-0.2, -0.15) is 5.10 Å². The molecule has 3 rings (SSSR count). The minimum absolute atomic E-state index is 0.526. The Labute approximate surface area is 138 Å². The van der Waals surface area contributed by atoms with Gasteiger partial charge in [0.15, 0.2) is 0 Å². The highest BCUT2D eigenvalue weighted by Crippen LogP contribution is 2.26. The molecular formula is C19H27N3O. The van der Waals surface area contributed by atoms with Gasteiger partial charge in [0.25, 0.3) is 0 Å². The van der Waals surface area contributed by atoms with Crippen LogP contribution in [0.3, 0.4) is 0 Å². The average molecular weight is 313 g/mol. The molecule has 0 spiro atoms. The fraction of sp³-hybridized carbons (Fsp3) is 0.526. The van der Waals surface area contributed by atoms with Crippen molar-refractivity contribution in [1.29, 1.82) is 0 Å². The predicted octanol–water partition coefficient (Wildman–Crippen LogP) is 3.18. The van der Waals surface area contributed by atoms with E-state index in [4.69, 9.17) is 4.74 Å². The molecule has 0 bridgehead atoms. The van der Waals surface area contributed by atoms with Crippen LogP contribution < -0.4 is 10.1 Å². The highest BCUT2D eigenvalue weighted by Gasteiger charge is 2.20. The van der Waals surface area contributed by atoms with Gasteiger partial charge >= 0.3 is 0 Å². The number of aryl methyl sites for hydroxylation is 3. The topological polar surface area (TPSA) is 39.1 Å². The molecule has 0 saturated heterocycles. The maximum Gasteiger partial charge on any atom is 0.119 e. The molecule has 0 radical (unpaired) electrons. The lowest BCUT2D eigenvalue weighted by atomic mass is 9.88.